The average Bonchev–Trinajstić information content (AvgIpc) is 3.20. The van der Waals surface area contributed by atoms with Gasteiger partial charge in [-0.05, 0) is 43.0 Å². The van der Waals surface area contributed by atoms with E-state index in [9.17, 15) is 4.79 Å². The Kier molecular flexibility index (Phi) is 5.44. The fourth-order valence-corrected chi connectivity index (χ4v) is 1.86. The van der Waals surface area contributed by atoms with Crippen molar-refractivity contribution < 1.29 is 9.53 Å². The summed E-state index contributed by atoms with van der Waals surface area (Å²) in [5, 5.41) is 2.98. The van der Waals surface area contributed by atoms with Crippen molar-refractivity contribution in [3.8, 4) is 5.75 Å². The van der Waals surface area contributed by atoms with Crippen LogP contribution >= 0.6 is 12.4 Å². The summed E-state index contributed by atoms with van der Waals surface area (Å²) in [5.41, 5.74) is 6.29. The van der Waals surface area contributed by atoms with E-state index in [-0.39, 0.29) is 24.4 Å². The number of hydrogen-bond acceptors (Lipinski definition) is 3. The van der Waals surface area contributed by atoms with Crippen molar-refractivity contribution in [2.24, 2.45) is 11.7 Å². The van der Waals surface area contributed by atoms with Crippen LogP contribution in [0.2, 0.25) is 0 Å². The minimum atomic E-state index is -0.0602. The quantitative estimate of drug-likeness (QED) is 0.854. The predicted octanol–water partition coefficient (Wildman–Crippen LogP) is 1.58. The van der Waals surface area contributed by atoms with E-state index in [0.717, 1.165) is 5.75 Å². The second kappa shape index (κ2) is 6.61. The number of rotatable bonds is 5. The van der Waals surface area contributed by atoms with Crippen molar-refractivity contribution in [2.45, 2.75) is 18.9 Å². The average molecular weight is 271 g/mol. The molecule has 0 bridgehead atoms. The molecule has 18 heavy (non-hydrogen) atoms. The number of amides is 1. The molecule has 0 aromatic heterocycles. The van der Waals surface area contributed by atoms with E-state index in [4.69, 9.17) is 10.5 Å². The molecule has 1 amide bonds. The third-order valence-corrected chi connectivity index (χ3v) is 3.11. The number of benzene rings is 1. The number of nitrogens with two attached hydrogens (primary N) is 1. The maximum Gasteiger partial charge on any atom is 0.251 e. The number of methoxy groups -OCH3 is 1. The lowest BCUT2D eigenvalue weighted by Gasteiger charge is -2.16. The molecule has 100 valence electrons. The van der Waals surface area contributed by atoms with Crippen LogP contribution in [0.4, 0.5) is 0 Å². The van der Waals surface area contributed by atoms with Gasteiger partial charge in [-0.2, -0.15) is 0 Å². The van der Waals surface area contributed by atoms with Gasteiger partial charge in [0.1, 0.15) is 5.75 Å². The van der Waals surface area contributed by atoms with Crippen molar-refractivity contribution >= 4 is 18.3 Å². The van der Waals surface area contributed by atoms with Crippen LogP contribution in [0.15, 0.2) is 24.3 Å². The Balaban J connectivity index is 0.00000162. The predicted molar refractivity (Wildman–Crippen MR) is 73.3 cm³/mol. The van der Waals surface area contributed by atoms with Crippen LogP contribution in [0.1, 0.15) is 23.2 Å². The summed E-state index contributed by atoms with van der Waals surface area (Å²) in [7, 11) is 1.60. The van der Waals surface area contributed by atoms with E-state index >= 15 is 0 Å². The maximum atomic E-state index is 11.9. The fraction of sp³-hybridized carbons (Fsp3) is 0.462. The molecule has 0 radical (unpaired) electrons. The standard InChI is InChI=1S/C13H18N2O2.ClH/c1-17-11-6-4-10(5-7-11)13(16)15-12(8-14)9-2-3-9;/h4-7,9,12H,2-3,8,14H2,1H3,(H,15,16);1H. The zero-order valence-electron chi connectivity index (χ0n) is 10.4. The smallest absolute Gasteiger partial charge is 0.251 e. The lowest BCUT2D eigenvalue weighted by Crippen LogP contribution is -2.41. The second-order valence-electron chi connectivity index (χ2n) is 4.38. The molecule has 5 heteroatoms. The number of hydrogen-bond donors (Lipinski definition) is 2. The second-order valence-corrected chi connectivity index (χ2v) is 4.38. The molecule has 1 aromatic carbocycles. The van der Waals surface area contributed by atoms with Crippen LogP contribution < -0.4 is 15.8 Å². The first-order chi connectivity index (χ1) is 8.24. The number of ether oxygens (including phenoxy) is 1. The molecule has 4 nitrogen and oxygen atoms in total. The van der Waals surface area contributed by atoms with Gasteiger partial charge >= 0.3 is 0 Å². The van der Waals surface area contributed by atoms with Crippen molar-refractivity contribution in [3.63, 3.8) is 0 Å². The maximum absolute atomic E-state index is 11.9. The van der Waals surface area contributed by atoms with Crippen LogP contribution in [0.3, 0.4) is 0 Å². The minimum Gasteiger partial charge on any atom is -0.497 e. The third kappa shape index (κ3) is 3.62. The fourth-order valence-electron chi connectivity index (χ4n) is 1.86. The highest BCUT2D eigenvalue weighted by Crippen LogP contribution is 2.32. The van der Waals surface area contributed by atoms with Crippen LogP contribution in [-0.4, -0.2) is 25.6 Å². The molecule has 2 rings (SSSR count). The van der Waals surface area contributed by atoms with Crippen LogP contribution in [-0.2, 0) is 0 Å². The first-order valence-electron chi connectivity index (χ1n) is 5.89. The van der Waals surface area contributed by atoms with Gasteiger partial charge in [-0.15, -0.1) is 12.4 Å². The molecular formula is C13H19ClN2O2. The normalized spacial score (nSPS) is 15.4. The molecule has 1 saturated carbocycles. The summed E-state index contributed by atoms with van der Waals surface area (Å²) in [4.78, 5) is 11.9. The van der Waals surface area contributed by atoms with E-state index in [1.807, 2.05) is 0 Å². The zero-order chi connectivity index (χ0) is 12.3. The third-order valence-electron chi connectivity index (χ3n) is 3.11. The van der Waals surface area contributed by atoms with Gasteiger partial charge in [-0.1, -0.05) is 0 Å². The van der Waals surface area contributed by atoms with E-state index < -0.39 is 0 Å². The van der Waals surface area contributed by atoms with E-state index in [1.165, 1.54) is 12.8 Å². The minimum absolute atomic E-state index is 0. The van der Waals surface area contributed by atoms with E-state index in [2.05, 4.69) is 5.32 Å². The van der Waals surface area contributed by atoms with Crippen molar-refractivity contribution in [1.82, 2.24) is 5.32 Å². The molecule has 1 unspecified atom stereocenters. The topological polar surface area (TPSA) is 64.3 Å². The SMILES string of the molecule is COc1ccc(C(=O)NC(CN)C2CC2)cc1.Cl. The Morgan fingerprint density at radius 3 is 2.50 bits per heavy atom. The molecule has 0 spiro atoms. The Morgan fingerprint density at radius 2 is 2.06 bits per heavy atom. The van der Waals surface area contributed by atoms with Gasteiger partial charge in [0.05, 0.1) is 7.11 Å². The lowest BCUT2D eigenvalue weighted by atomic mass is 10.1. The molecule has 1 aliphatic rings. The van der Waals surface area contributed by atoms with Crippen LogP contribution in [0, 0.1) is 5.92 Å². The zero-order valence-corrected chi connectivity index (χ0v) is 11.2. The van der Waals surface area contributed by atoms with Crippen LogP contribution in [0.5, 0.6) is 5.75 Å². The molecule has 1 aliphatic carbocycles. The van der Waals surface area contributed by atoms with Crippen molar-refractivity contribution in [1.29, 1.82) is 0 Å². The van der Waals surface area contributed by atoms with Gasteiger partial charge in [0.15, 0.2) is 0 Å². The highest BCUT2D eigenvalue weighted by atomic mass is 35.5. The number of nitrogens with one attached hydrogen (secondary N) is 1. The summed E-state index contributed by atoms with van der Waals surface area (Å²) in [6.07, 6.45) is 2.34. The van der Waals surface area contributed by atoms with Gasteiger partial charge in [-0.3, -0.25) is 4.79 Å². The Labute approximate surface area is 113 Å². The Bertz CT molecular complexity index is 390. The summed E-state index contributed by atoms with van der Waals surface area (Å²) >= 11 is 0. The van der Waals surface area contributed by atoms with Gasteiger partial charge in [0, 0.05) is 18.2 Å². The van der Waals surface area contributed by atoms with Gasteiger partial charge in [0.2, 0.25) is 0 Å². The van der Waals surface area contributed by atoms with E-state index in [1.54, 1.807) is 31.4 Å². The summed E-state index contributed by atoms with van der Waals surface area (Å²) in [6.45, 7) is 0.507. The first kappa shape index (κ1) is 14.8. The highest BCUT2D eigenvalue weighted by Gasteiger charge is 2.31. The molecule has 3 N–H and O–H groups in total. The van der Waals surface area contributed by atoms with Crippen molar-refractivity contribution in [3.05, 3.63) is 29.8 Å². The Hall–Kier alpha value is -1.26. The summed E-state index contributed by atoms with van der Waals surface area (Å²) in [6, 6.07) is 7.19. The largest absolute Gasteiger partial charge is 0.497 e. The van der Waals surface area contributed by atoms with Crippen molar-refractivity contribution in [2.75, 3.05) is 13.7 Å². The van der Waals surface area contributed by atoms with Gasteiger partial charge in [-0.25, -0.2) is 0 Å². The Morgan fingerprint density at radius 1 is 1.44 bits per heavy atom. The molecule has 0 heterocycles. The monoisotopic (exact) mass is 270 g/mol. The highest BCUT2D eigenvalue weighted by molar-refractivity contribution is 5.94. The lowest BCUT2D eigenvalue weighted by molar-refractivity contribution is 0.0933. The van der Waals surface area contributed by atoms with E-state index in [0.29, 0.717) is 18.0 Å². The first-order valence-corrected chi connectivity index (χ1v) is 5.89. The molecule has 0 aliphatic heterocycles. The molecule has 1 aromatic rings. The molecule has 1 fully saturated rings. The summed E-state index contributed by atoms with van der Waals surface area (Å²) in [5.74, 6) is 1.26. The summed E-state index contributed by atoms with van der Waals surface area (Å²) < 4.78 is 5.05. The number of carbonyl (C=O) groups excluding carboxylic acids is 1. The molecule has 1 atom stereocenters. The molecular weight excluding hydrogens is 252 g/mol. The number of carbonyl (C=O) groups is 1. The van der Waals surface area contributed by atoms with Gasteiger partial charge in [0.25, 0.3) is 5.91 Å². The number of halogens is 1. The molecule has 0 saturated heterocycles. The van der Waals surface area contributed by atoms with Crippen LogP contribution in [0.25, 0.3) is 0 Å². The van der Waals surface area contributed by atoms with Gasteiger partial charge < -0.3 is 15.8 Å².